The van der Waals surface area contributed by atoms with E-state index in [1.807, 2.05) is 23.6 Å². The summed E-state index contributed by atoms with van der Waals surface area (Å²) < 4.78 is 0. The van der Waals surface area contributed by atoms with E-state index in [-0.39, 0.29) is 5.91 Å². The average molecular weight is 293 g/mol. The van der Waals surface area contributed by atoms with Crippen molar-refractivity contribution < 1.29 is 4.79 Å². The highest BCUT2D eigenvalue weighted by molar-refractivity contribution is 7.10. The number of likely N-dealkylation sites (N-methyl/N-ethyl adjacent to an activating group) is 1. The Balaban J connectivity index is 1.55. The monoisotopic (exact) mass is 293 g/mol. The maximum absolute atomic E-state index is 11.6. The van der Waals surface area contributed by atoms with Crippen LogP contribution in [0.2, 0.25) is 0 Å². The molecule has 1 saturated heterocycles. The minimum Gasteiger partial charge on any atom is -0.353 e. The van der Waals surface area contributed by atoms with E-state index in [1.54, 1.807) is 17.4 Å². The molecule has 0 aromatic carbocycles. The third kappa shape index (κ3) is 5.45. The summed E-state index contributed by atoms with van der Waals surface area (Å²) in [4.78, 5) is 17.5. The smallest absolute Gasteiger partial charge is 0.244 e. The fourth-order valence-electron chi connectivity index (χ4n) is 2.19. The van der Waals surface area contributed by atoms with Crippen LogP contribution in [0.1, 0.15) is 11.3 Å². The predicted molar refractivity (Wildman–Crippen MR) is 84.9 cm³/mol. The summed E-state index contributed by atoms with van der Waals surface area (Å²) in [5.74, 6) is -0.00298. The molecule has 0 aliphatic carbocycles. The van der Waals surface area contributed by atoms with Crippen molar-refractivity contribution in [3.8, 4) is 0 Å². The van der Waals surface area contributed by atoms with Crippen LogP contribution in [-0.4, -0.2) is 62.0 Å². The number of amides is 1. The molecule has 20 heavy (non-hydrogen) atoms. The van der Waals surface area contributed by atoms with Crippen molar-refractivity contribution in [3.05, 3.63) is 28.5 Å². The van der Waals surface area contributed by atoms with Gasteiger partial charge in [-0.1, -0.05) is 6.07 Å². The second kappa shape index (κ2) is 8.19. The van der Waals surface area contributed by atoms with Gasteiger partial charge in [0.05, 0.1) is 0 Å². The number of carbonyl (C=O) groups excluding carboxylic acids is 1. The first kappa shape index (κ1) is 15.2. The summed E-state index contributed by atoms with van der Waals surface area (Å²) in [5, 5.41) is 4.94. The molecule has 1 N–H and O–H groups in total. The van der Waals surface area contributed by atoms with Crippen molar-refractivity contribution in [3.63, 3.8) is 0 Å². The molecule has 1 aromatic heterocycles. The lowest BCUT2D eigenvalue weighted by molar-refractivity contribution is -0.116. The van der Waals surface area contributed by atoms with Gasteiger partial charge < -0.3 is 15.1 Å². The second-order valence-corrected chi connectivity index (χ2v) is 6.12. The van der Waals surface area contributed by atoms with E-state index in [4.69, 9.17) is 0 Å². The number of hydrogen-bond acceptors (Lipinski definition) is 4. The van der Waals surface area contributed by atoms with Crippen LogP contribution >= 0.6 is 11.3 Å². The maximum Gasteiger partial charge on any atom is 0.244 e. The Morgan fingerprint density at radius 2 is 2.20 bits per heavy atom. The van der Waals surface area contributed by atoms with Crippen LogP contribution in [0.25, 0.3) is 6.08 Å². The summed E-state index contributed by atoms with van der Waals surface area (Å²) in [6.45, 7) is 6.40. The molecule has 2 heterocycles. The largest absolute Gasteiger partial charge is 0.353 e. The van der Waals surface area contributed by atoms with Gasteiger partial charge in [-0.05, 0) is 37.5 Å². The molecule has 0 unspecified atom stereocenters. The van der Waals surface area contributed by atoms with Gasteiger partial charge in [-0.2, -0.15) is 0 Å². The summed E-state index contributed by atoms with van der Waals surface area (Å²) in [6, 6.07) is 3.99. The van der Waals surface area contributed by atoms with Gasteiger partial charge in [-0.3, -0.25) is 4.79 Å². The van der Waals surface area contributed by atoms with Crippen LogP contribution in [0.4, 0.5) is 0 Å². The molecule has 0 bridgehead atoms. The third-order valence-corrected chi connectivity index (χ3v) is 4.33. The van der Waals surface area contributed by atoms with Crippen molar-refractivity contribution in [1.82, 2.24) is 15.1 Å². The molecule has 1 fully saturated rings. The molecule has 1 aliphatic heterocycles. The third-order valence-electron chi connectivity index (χ3n) is 3.49. The van der Waals surface area contributed by atoms with Gasteiger partial charge >= 0.3 is 0 Å². The molecule has 1 aliphatic rings. The minimum absolute atomic E-state index is 0.00298. The molecule has 0 saturated carbocycles. The summed E-state index contributed by atoms with van der Waals surface area (Å²) in [7, 11) is 2.16. The van der Waals surface area contributed by atoms with Crippen molar-refractivity contribution >= 4 is 23.3 Å². The Labute approximate surface area is 125 Å². The Morgan fingerprint density at radius 1 is 1.40 bits per heavy atom. The number of carbonyl (C=O) groups is 1. The molecular weight excluding hydrogens is 270 g/mol. The van der Waals surface area contributed by atoms with Gasteiger partial charge in [-0.25, -0.2) is 0 Å². The summed E-state index contributed by atoms with van der Waals surface area (Å²) in [6.07, 6.45) is 4.49. The predicted octanol–water partition coefficient (Wildman–Crippen LogP) is 1.51. The van der Waals surface area contributed by atoms with Gasteiger partial charge in [0.1, 0.15) is 0 Å². The molecule has 4 nitrogen and oxygen atoms in total. The minimum atomic E-state index is -0.00298. The fourth-order valence-corrected chi connectivity index (χ4v) is 2.81. The van der Waals surface area contributed by atoms with Gasteiger partial charge in [0.25, 0.3) is 0 Å². The average Bonchev–Trinajstić information content (AvgIpc) is 2.96. The molecular formula is C15H23N3OS. The lowest BCUT2D eigenvalue weighted by Crippen LogP contribution is -2.45. The van der Waals surface area contributed by atoms with Crippen molar-refractivity contribution in [2.45, 2.75) is 6.42 Å². The number of thiophene rings is 1. The molecule has 1 amide bonds. The Hall–Kier alpha value is -1.17. The lowest BCUT2D eigenvalue weighted by atomic mass is 10.3. The van der Waals surface area contributed by atoms with E-state index < -0.39 is 0 Å². The van der Waals surface area contributed by atoms with Crippen LogP contribution in [0.3, 0.4) is 0 Å². The van der Waals surface area contributed by atoms with E-state index in [1.165, 1.54) is 0 Å². The van der Waals surface area contributed by atoms with Crippen LogP contribution in [0, 0.1) is 0 Å². The topological polar surface area (TPSA) is 35.6 Å². The molecule has 0 atom stereocenters. The van der Waals surface area contributed by atoms with Gasteiger partial charge in [0, 0.05) is 43.7 Å². The Morgan fingerprint density at radius 3 is 2.90 bits per heavy atom. The molecule has 2 rings (SSSR count). The van der Waals surface area contributed by atoms with Crippen LogP contribution < -0.4 is 5.32 Å². The lowest BCUT2D eigenvalue weighted by Gasteiger charge is -2.32. The van der Waals surface area contributed by atoms with Crippen molar-refractivity contribution in [2.75, 3.05) is 46.3 Å². The first-order valence-electron chi connectivity index (χ1n) is 7.14. The zero-order valence-corrected chi connectivity index (χ0v) is 12.9. The Bertz CT molecular complexity index is 422. The van der Waals surface area contributed by atoms with Gasteiger partial charge in [0.2, 0.25) is 5.91 Å². The first-order valence-corrected chi connectivity index (χ1v) is 8.02. The van der Waals surface area contributed by atoms with E-state index in [0.717, 1.165) is 50.6 Å². The number of hydrogen-bond donors (Lipinski definition) is 1. The van der Waals surface area contributed by atoms with E-state index >= 15 is 0 Å². The quantitative estimate of drug-likeness (QED) is 0.638. The maximum atomic E-state index is 11.6. The van der Waals surface area contributed by atoms with E-state index in [0.29, 0.717) is 0 Å². The summed E-state index contributed by atoms with van der Waals surface area (Å²) >= 11 is 1.63. The first-order chi connectivity index (χ1) is 9.74. The standard InChI is InChI=1S/C15H23N3OS/c1-17-9-11-18(12-10-17)8-3-7-16-15(19)6-5-14-4-2-13-20-14/h2,4-6,13H,3,7-12H2,1H3,(H,16,19)/b6-5+. The molecule has 110 valence electrons. The normalized spacial score (nSPS) is 17.6. The highest BCUT2D eigenvalue weighted by Gasteiger charge is 2.12. The zero-order chi connectivity index (χ0) is 14.2. The molecule has 1 aromatic rings. The van der Waals surface area contributed by atoms with Crippen LogP contribution in [-0.2, 0) is 4.79 Å². The van der Waals surface area contributed by atoms with E-state index in [2.05, 4.69) is 22.2 Å². The van der Waals surface area contributed by atoms with Gasteiger partial charge in [-0.15, -0.1) is 11.3 Å². The second-order valence-electron chi connectivity index (χ2n) is 5.14. The number of rotatable bonds is 6. The zero-order valence-electron chi connectivity index (χ0n) is 12.0. The number of nitrogens with one attached hydrogen (secondary N) is 1. The van der Waals surface area contributed by atoms with Crippen LogP contribution in [0.5, 0.6) is 0 Å². The highest BCUT2D eigenvalue weighted by Crippen LogP contribution is 2.09. The van der Waals surface area contributed by atoms with Crippen molar-refractivity contribution in [2.24, 2.45) is 0 Å². The molecule has 5 heteroatoms. The molecule has 0 spiro atoms. The van der Waals surface area contributed by atoms with E-state index in [9.17, 15) is 4.79 Å². The van der Waals surface area contributed by atoms with Gasteiger partial charge in [0.15, 0.2) is 0 Å². The Kier molecular flexibility index (Phi) is 6.24. The SMILES string of the molecule is CN1CCN(CCCNC(=O)/C=C/c2cccs2)CC1. The summed E-state index contributed by atoms with van der Waals surface area (Å²) in [5.41, 5.74) is 0. The fraction of sp³-hybridized carbons (Fsp3) is 0.533. The molecule has 0 radical (unpaired) electrons. The highest BCUT2D eigenvalue weighted by atomic mass is 32.1. The number of piperazine rings is 1. The van der Waals surface area contributed by atoms with Crippen molar-refractivity contribution in [1.29, 1.82) is 0 Å². The number of nitrogens with zero attached hydrogens (tertiary/aromatic N) is 2. The van der Waals surface area contributed by atoms with Crippen LogP contribution in [0.15, 0.2) is 23.6 Å².